The molecule has 2 fully saturated rings. The lowest BCUT2D eigenvalue weighted by atomic mass is 9.94. The molecule has 92 valence electrons. The molecule has 0 aromatic heterocycles. The van der Waals surface area contributed by atoms with Gasteiger partial charge in [0, 0.05) is 13.1 Å². The number of morpholine rings is 1. The first-order valence-electron chi connectivity index (χ1n) is 6.55. The van der Waals surface area contributed by atoms with Gasteiger partial charge >= 0.3 is 0 Å². The standard InChI is InChI=1S/C14H20N2O/c1-2-11(13-4-5-15-9-13)8-12(3-1)14-10-17-7-6-16-14/h1-3,8,13-16H,4-7,9-10H2. The highest BCUT2D eigenvalue weighted by Crippen LogP contribution is 2.25. The van der Waals surface area contributed by atoms with Crippen molar-refractivity contribution in [3.8, 4) is 0 Å². The minimum Gasteiger partial charge on any atom is -0.378 e. The van der Waals surface area contributed by atoms with Crippen LogP contribution >= 0.6 is 0 Å². The van der Waals surface area contributed by atoms with Crippen LogP contribution in [0.3, 0.4) is 0 Å². The van der Waals surface area contributed by atoms with Crippen LogP contribution in [0, 0.1) is 0 Å². The third-order valence-corrected chi connectivity index (χ3v) is 3.77. The first-order valence-corrected chi connectivity index (χ1v) is 6.55. The molecule has 2 aliphatic rings. The van der Waals surface area contributed by atoms with Gasteiger partial charge in [-0.25, -0.2) is 0 Å². The van der Waals surface area contributed by atoms with Gasteiger partial charge in [-0.2, -0.15) is 0 Å². The first kappa shape index (κ1) is 11.2. The zero-order chi connectivity index (χ0) is 11.5. The Morgan fingerprint density at radius 3 is 2.88 bits per heavy atom. The second-order valence-corrected chi connectivity index (χ2v) is 4.94. The molecule has 2 heterocycles. The van der Waals surface area contributed by atoms with Crippen LogP contribution in [0.15, 0.2) is 24.3 Å². The minimum atomic E-state index is 0.373. The molecule has 0 amide bonds. The second kappa shape index (κ2) is 5.17. The smallest absolute Gasteiger partial charge is 0.0662 e. The van der Waals surface area contributed by atoms with E-state index in [2.05, 4.69) is 34.9 Å². The highest BCUT2D eigenvalue weighted by Gasteiger charge is 2.19. The third kappa shape index (κ3) is 2.51. The van der Waals surface area contributed by atoms with Gasteiger partial charge in [-0.05, 0) is 30.0 Å². The van der Waals surface area contributed by atoms with Crippen molar-refractivity contribution >= 4 is 0 Å². The van der Waals surface area contributed by atoms with Gasteiger partial charge < -0.3 is 15.4 Å². The number of benzene rings is 1. The summed E-state index contributed by atoms with van der Waals surface area (Å²) >= 11 is 0. The van der Waals surface area contributed by atoms with Crippen molar-refractivity contribution in [3.63, 3.8) is 0 Å². The number of hydrogen-bond donors (Lipinski definition) is 2. The molecule has 2 atom stereocenters. The Hall–Kier alpha value is -0.900. The fraction of sp³-hybridized carbons (Fsp3) is 0.571. The molecule has 17 heavy (non-hydrogen) atoms. The maximum atomic E-state index is 5.53. The van der Waals surface area contributed by atoms with Gasteiger partial charge in [0.2, 0.25) is 0 Å². The average Bonchev–Trinajstić information content (AvgIpc) is 2.94. The highest BCUT2D eigenvalue weighted by molar-refractivity contribution is 5.29. The third-order valence-electron chi connectivity index (χ3n) is 3.77. The maximum Gasteiger partial charge on any atom is 0.0662 e. The molecule has 3 nitrogen and oxygen atoms in total. The van der Waals surface area contributed by atoms with Gasteiger partial charge in [0.05, 0.1) is 19.3 Å². The summed E-state index contributed by atoms with van der Waals surface area (Å²) in [5, 5.41) is 6.94. The van der Waals surface area contributed by atoms with Crippen molar-refractivity contribution in [1.82, 2.24) is 10.6 Å². The van der Waals surface area contributed by atoms with Gasteiger partial charge in [0.15, 0.2) is 0 Å². The van der Waals surface area contributed by atoms with E-state index in [-0.39, 0.29) is 0 Å². The Morgan fingerprint density at radius 1 is 1.18 bits per heavy atom. The summed E-state index contributed by atoms with van der Waals surface area (Å²) in [5.41, 5.74) is 2.84. The topological polar surface area (TPSA) is 33.3 Å². The van der Waals surface area contributed by atoms with Crippen LogP contribution < -0.4 is 10.6 Å². The fourth-order valence-electron chi connectivity index (χ4n) is 2.75. The molecule has 2 saturated heterocycles. The molecule has 1 aromatic rings. The summed E-state index contributed by atoms with van der Waals surface area (Å²) in [6, 6.07) is 9.37. The molecule has 2 N–H and O–H groups in total. The molecule has 0 spiro atoms. The number of hydrogen-bond acceptors (Lipinski definition) is 3. The van der Waals surface area contributed by atoms with Crippen LogP contribution in [0.1, 0.15) is 29.5 Å². The summed E-state index contributed by atoms with van der Waals surface area (Å²) in [6.45, 7) is 4.87. The van der Waals surface area contributed by atoms with E-state index >= 15 is 0 Å². The van der Waals surface area contributed by atoms with Crippen LogP contribution in [-0.2, 0) is 4.74 Å². The lowest BCUT2D eigenvalue weighted by molar-refractivity contribution is 0.0768. The van der Waals surface area contributed by atoms with E-state index in [9.17, 15) is 0 Å². The largest absolute Gasteiger partial charge is 0.378 e. The number of ether oxygens (including phenoxy) is 1. The molecule has 1 aromatic carbocycles. The zero-order valence-corrected chi connectivity index (χ0v) is 10.1. The number of nitrogens with one attached hydrogen (secondary N) is 2. The lowest BCUT2D eigenvalue weighted by Gasteiger charge is -2.25. The summed E-state index contributed by atoms with van der Waals surface area (Å²) in [7, 11) is 0. The van der Waals surface area contributed by atoms with Gasteiger partial charge in [-0.15, -0.1) is 0 Å². The predicted octanol–water partition coefficient (Wildman–Crippen LogP) is 1.42. The van der Waals surface area contributed by atoms with Crippen molar-refractivity contribution in [1.29, 1.82) is 0 Å². The molecular weight excluding hydrogens is 212 g/mol. The Balaban J connectivity index is 1.77. The van der Waals surface area contributed by atoms with Crippen molar-refractivity contribution < 1.29 is 4.74 Å². The first-order chi connectivity index (χ1) is 8.43. The summed E-state index contributed by atoms with van der Waals surface area (Å²) < 4.78 is 5.53. The summed E-state index contributed by atoms with van der Waals surface area (Å²) in [5.74, 6) is 0.694. The number of rotatable bonds is 2. The van der Waals surface area contributed by atoms with E-state index < -0.39 is 0 Å². The van der Waals surface area contributed by atoms with Crippen molar-refractivity contribution in [2.75, 3.05) is 32.8 Å². The molecule has 2 unspecified atom stereocenters. The van der Waals surface area contributed by atoms with E-state index in [1.165, 1.54) is 17.5 Å². The monoisotopic (exact) mass is 232 g/mol. The molecule has 2 aliphatic heterocycles. The Bertz CT molecular complexity index is 368. The van der Waals surface area contributed by atoms with Crippen molar-refractivity contribution in [3.05, 3.63) is 35.4 Å². The van der Waals surface area contributed by atoms with E-state index in [0.717, 1.165) is 32.8 Å². The van der Waals surface area contributed by atoms with E-state index in [1.807, 2.05) is 0 Å². The Labute approximate surface area is 103 Å². The average molecular weight is 232 g/mol. The van der Waals surface area contributed by atoms with E-state index in [0.29, 0.717) is 12.0 Å². The zero-order valence-electron chi connectivity index (χ0n) is 10.1. The molecule has 0 saturated carbocycles. The van der Waals surface area contributed by atoms with Crippen LogP contribution in [0.2, 0.25) is 0 Å². The lowest BCUT2D eigenvalue weighted by Crippen LogP contribution is -2.34. The molecule has 0 bridgehead atoms. The van der Waals surface area contributed by atoms with Gasteiger partial charge in [-0.1, -0.05) is 24.3 Å². The van der Waals surface area contributed by atoms with Gasteiger partial charge in [0.25, 0.3) is 0 Å². The molecule has 0 radical (unpaired) electrons. The van der Waals surface area contributed by atoms with E-state index in [1.54, 1.807) is 0 Å². The van der Waals surface area contributed by atoms with Crippen LogP contribution in [0.4, 0.5) is 0 Å². The second-order valence-electron chi connectivity index (χ2n) is 4.94. The summed E-state index contributed by atoms with van der Waals surface area (Å²) in [4.78, 5) is 0. The molecule has 3 rings (SSSR count). The Morgan fingerprint density at radius 2 is 2.12 bits per heavy atom. The minimum absolute atomic E-state index is 0.373. The van der Waals surface area contributed by atoms with Crippen molar-refractivity contribution in [2.24, 2.45) is 0 Å². The van der Waals surface area contributed by atoms with Crippen LogP contribution in [-0.4, -0.2) is 32.8 Å². The maximum absolute atomic E-state index is 5.53. The fourth-order valence-corrected chi connectivity index (χ4v) is 2.75. The SMILES string of the molecule is c1cc(C2CCNC2)cc(C2COCCN2)c1. The van der Waals surface area contributed by atoms with E-state index in [4.69, 9.17) is 4.74 Å². The van der Waals surface area contributed by atoms with Crippen LogP contribution in [0.5, 0.6) is 0 Å². The van der Waals surface area contributed by atoms with Gasteiger partial charge in [-0.3, -0.25) is 0 Å². The normalized spacial score (nSPS) is 29.4. The Kier molecular flexibility index (Phi) is 3.41. The predicted molar refractivity (Wildman–Crippen MR) is 68.2 cm³/mol. The molecule has 3 heteroatoms. The van der Waals surface area contributed by atoms with Crippen molar-refractivity contribution in [2.45, 2.75) is 18.4 Å². The quantitative estimate of drug-likeness (QED) is 0.809. The van der Waals surface area contributed by atoms with Crippen LogP contribution in [0.25, 0.3) is 0 Å². The molecular formula is C14H20N2O. The highest BCUT2D eigenvalue weighted by atomic mass is 16.5. The van der Waals surface area contributed by atoms with Gasteiger partial charge in [0.1, 0.15) is 0 Å². The molecule has 0 aliphatic carbocycles. The summed E-state index contributed by atoms with van der Waals surface area (Å²) in [6.07, 6.45) is 1.26.